The number of nitrogens with zero attached hydrogens (tertiary/aromatic N) is 1. The molecule has 0 radical (unpaired) electrons. The molecular weight excluding hydrogens is 360 g/mol. The smallest absolute Gasteiger partial charge is 0.262 e. The summed E-state index contributed by atoms with van der Waals surface area (Å²) in [6, 6.07) is 12.1. The van der Waals surface area contributed by atoms with Crippen molar-refractivity contribution in [2.24, 2.45) is 5.92 Å². The zero-order valence-corrected chi connectivity index (χ0v) is 16.8. The Hall–Kier alpha value is -2.34. The van der Waals surface area contributed by atoms with E-state index in [9.17, 15) is 13.2 Å². The van der Waals surface area contributed by atoms with Crippen molar-refractivity contribution in [1.82, 2.24) is 4.90 Å². The van der Waals surface area contributed by atoms with E-state index in [1.807, 2.05) is 17.9 Å². The lowest BCUT2D eigenvalue weighted by molar-refractivity contribution is 0.0683. The van der Waals surface area contributed by atoms with Crippen molar-refractivity contribution in [2.45, 2.75) is 38.5 Å². The third kappa shape index (κ3) is 4.50. The summed E-state index contributed by atoms with van der Waals surface area (Å²) in [5.74, 6) is 0.368. The van der Waals surface area contributed by atoms with E-state index in [1.165, 1.54) is 6.07 Å². The SMILES string of the molecule is Cc1cccc(NS(=O)(=O)c2cc(C(=O)N3CCC[C@H](C)C3)ccc2C)c1. The van der Waals surface area contributed by atoms with E-state index in [0.29, 0.717) is 22.7 Å². The molecule has 3 rings (SSSR count). The Bertz CT molecular complexity index is 954. The molecule has 1 N–H and O–H groups in total. The van der Waals surface area contributed by atoms with Crippen LogP contribution < -0.4 is 4.72 Å². The van der Waals surface area contributed by atoms with Crippen LogP contribution in [0.25, 0.3) is 0 Å². The lowest BCUT2D eigenvalue weighted by Crippen LogP contribution is -2.39. The molecule has 27 heavy (non-hydrogen) atoms. The van der Waals surface area contributed by atoms with Gasteiger partial charge >= 0.3 is 0 Å². The summed E-state index contributed by atoms with van der Waals surface area (Å²) >= 11 is 0. The molecule has 1 atom stereocenters. The Morgan fingerprint density at radius 2 is 1.93 bits per heavy atom. The summed E-state index contributed by atoms with van der Waals surface area (Å²) in [7, 11) is -3.78. The topological polar surface area (TPSA) is 66.5 Å². The number of carbonyl (C=O) groups excluding carboxylic acids is 1. The van der Waals surface area contributed by atoms with Crippen LogP contribution in [0.5, 0.6) is 0 Å². The van der Waals surface area contributed by atoms with Crippen molar-refractivity contribution in [2.75, 3.05) is 17.8 Å². The molecule has 1 fully saturated rings. The summed E-state index contributed by atoms with van der Waals surface area (Å²) in [6.07, 6.45) is 2.11. The fraction of sp³-hybridized carbons (Fsp3) is 0.381. The van der Waals surface area contributed by atoms with Crippen LogP contribution in [0.3, 0.4) is 0 Å². The number of anilines is 1. The number of rotatable bonds is 4. The first-order chi connectivity index (χ1) is 12.8. The quantitative estimate of drug-likeness (QED) is 0.864. The Kier molecular flexibility index (Phi) is 5.56. The minimum Gasteiger partial charge on any atom is -0.338 e. The van der Waals surface area contributed by atoms with Crippen LogP contribution in [0.2, 0.25) is 0 Å². The van der Waals surface area contributed by atoms with E-state index in [4.69, 9.17) is 0 Å². The van der Waals surface area contributed by atoms with Gasteiger partial charge in [0.1, 0.15) is 0 Å². The number of hydrogen-bond acceptors (Lipinski definition) is 3. The average Bonchev–Trinajstić information content (AvgIpc) is 2.61. The van der Waals surface area contributed by atoms with E-state index in [-0.39, 0.29) is 10.8 Å². The monoisotopic (exact) mass is 386 g/mol. The van der Waals surface area contributed by atoms with Gasteiger partial charge in [0.15, 0.2) is 0 Å². The van der Waals surface area contributed by atoms with E-state index in [1.54, 1.807) is 37.3 Å². The van der Waals surface area contributed by atoms with E-state index in [0.717, 1.165) is 31.5 Å². The van der Waals surface area contributed by atoms with Crippen LogP contribution in [0.15, 0.2) is 47.4 Å². The Labute approximate surface area is 161 Å². The summed E-state index contributed by atoms with van der Waals surface area (Å²) in [5.41, 5.74) is 2.50. The van der Waals surface area contributed by atoms with Crippen molar-refractivity contribution >= 4 is 21.6 Å². The highest BCUT2D eigenvalue weighted by Crippen LogP contribution is 2.23. The number of nitrogens with one attached hydrogen (secondary N) is 1. The molecule has 0 bridgehead atoms. The zero-order chi connectivity index (χ0) is 19.6. The molecular formula is C21H26N2O3S. The van der Waals surface area contributed by atoms with Gasteiger partial charge in [0.2, 0.25) is 0 Å². The molecule has 5 nitrogen and oxygen atoms in total. The maximum Gasteiger partial charge on any atom is 0.262 e. The molecule has 2 aromatic rings. The number of benzene rings is 2. The second-order valence-electron chi connectivity index (χ2n) is 7.45. The molecule has 144 valence electrons. The van der Waals surface area contributed by atoms with Gasteiger partial charge in [0.05, 0.1) is 4.90 Å². The molecule has 1 amide bonds. The Morgan fingerprint density at radius 3 is 2.63 bits per heavy atom. The third-order valence-corrected chi connectivity index (χ3v) is 6.46. The molecule has 0 spiro atoms. The number of aryl methyl sites for hydroxylation is 2. The molecule has 0 saturated carbocycles. The highest BCUT2D eigenvalue weighted by atomic mass is 32.2. The van der Waals surface area contributed by atoms with Gasteiger partial charge in [-0.05, 0) is 68.0 Å². The lowest BCUT2D eigenvalue weighted by Gasteiger charge is -2.31. The van der Waals surface area contributed by atoms with Gasteiger partial charge in [-0.2, -0.15) is 0 Å². The third-order valence-electron chi connectivity index (χ3n) is 4.94. The maximum atomic E-state index is 12.9. The number of hydrogen-bond donors (Lipinski definition) is 1. The first kappa shape index (κ1) is 19.4. The van der Waals surface area contributed by atoms with Crippen molar-refractivity contribution in [3.63, 3.8) is 0 Å². The van der Waals surface area contributed by atoms with Gasteiger partial charge in [-0.25, -0.2) is 8.42 Å². The molecule has 0 aromatic heterocycles. The fourth-order valence-corrected chi connectivity index (χ4v) is 4.82. The van der Waals surface area contributed by atoms with Gasteiger partial charge in [0.25, 0.3) is 15.9 Å². The second-order valence-corrected chi connectivity index (χ2v) is 9.10. The van der Waals surface area contributed by atoms with Crippen LogP contribution in [0.1, 0.15) is 41.3 Å². The highest BCUT2D eigenvalue weighted by Gasteiger charge is 2.24. The molecule has 0 unspecified atom stereocenters. The van der Waals surface area contributed by atoms with Crippen LogP contribution in [-0.2, 0) is 10.0 Å². The van der Waals surface area contributed by atoms with Crippen LogP contribution in [0, 0.1) is 19.8 Å². The molecule has 1 saturated heterocycles. The number of likely N-dealkylation sites (tertiary alicyclic amines) is 1. The fourth-order valence-electron chi connectivity index (χ4n) is 3.50. The standard InChI is InChI=1S/C21H26N2O3S/c1-15-6-4-8-19(12-15)22-27(25,26)20-13-18(10-9-17(20)3)21(24)23-11-5-7-16(2)14-23/h4,6,8-10,12-13,16,22H,5,7,11,14H2,1-3H3/t16-/m0/s1. The molecule has 2 aromatic carbocycles. The average molecular weight is 387 g/mol. The van der Waals surface area contributed by atoms with E-state index < -0.39 is 10.0 Å². The van der Waals surface area contributed by atoms with E-state index in [2.05, 4.69) is 11.6 Å². The van der Waals surface area contributed by atoms with Crippen molar-refractivity contribution in [1.29, 1.82) is 0 Å². The lowest BCUT2D eigenvalue weighted by atomic mass is 9.99. The van der Waals surface area contributed by atoms with Crippen molar-refractivity contribution in [3.8, 4) is 0 Å². The van der Waals surface area contributed by atoms with Gasteiger partial charge in [-0.1, -0.05) is 25.1 Å². The first-order valence-corrected chi connectivity index (χ1v) is 10.7. The Balaban J connectivity index is 1.89. The summed E-state index contributed by atoms with van der Waals surface area (Å²) < 4.78 is 28.4. The minimum absolute atomic E-state index is 0.103. The maximum absolute atomic E-state index is 12.9. The molecule has 1 heterocycles. The Morgan fingerprint density at radius 1 is 1.15 bits per heavy atom. The predicted octanol–water partition coefficient (Wildman–Crippen LogP) is 3.98. The first-order valence-electron chi connectivity index (χ1n) is 9.26. The molecule has 0 aliphatic carbocycles. The summed E-state index contributed by atoms with van der Waals surface area (Å²) in [5, 5.41) is 0. The van der Waals surface area contributed by atoms with Crippen LogP contribution >= 0.6 is 0 Å². The number of carbonyl (C=O) groups is 1. The van der Waals surface area contributed by atoms with Crippen molar-refractivity contribution in [3.05, 3.63) is 59.2 Å². The highest BCUT2D eigenvalue weighted by molar-refractivity contribution is 7.92. The van der Waals surface area contributed by atoms with Gasteiger partial charge in [-0.3, -0.25) is 9.52 Å². The predicted molar refractivity (Wildman–Crippen MR) is 107 cm³/mol. The number of amides is 1. The second kappa shape index (κ2) is 7.72. The molecule has 1 aliphatic rings. The van der Waals surface area contributed by atoms with Gasteiger partial charge in [-0.15, -0.1) is 0 Å². The normalized spacial score (nSPS) is 17.6. The summed E-state index contributed by atoms with van der Waals surface area (Å²) in [6.45, 7) is 7.22. The van der Waals surface area contributed by atoms with Gasteiger partial charge < -0.3 is 4.90 Å². The van der Waals surface area contributed by atoms with Crippen LogP contribution in [-0.4, -0.2) is 32.3 Å². The van der Waals surface area contributed by atoms with Crippen molar-refractivity contribution < 1.29 is 13.2 Å². The number of sulfonamides is 1. The van der Waals surface area contributed by atoms with Gasteiger partial charge in [0, 0.05) is 24.3 Å². The van der Waals surface area contributed by atoms with E-state index >= 15 is 0 Å². The minimum atomic E-state index is -3.78. The zero-order valence-electron chi connectivity index (χ0n) is 16.0. The number of piperidine rings is 1. The molecule has 1 aliphatic heterocycles. The largest absolute Gasteiger partial charge is 0.338 e. The summed E-state index contributed by atoms with van der Waals surface area (Å²) in [4.78, 5) is 14.8. The van der Waals surface area contributed by atoms with Crippen LogP contribution in [0.4, 0.5) is 5.69 Å². The molecule has 6 heteroatoms.